The van der Waals surface area contributed by atoms with E-state index in [2.05, 4.69) is 15.7 Å². The topological polar surface area (TPSA) is 139 Å². The zero-order valence-corrected chi connectivity index (χ0v) is 15.6. The van der Waals surface area contributed by atoms with Crippen molar-refractivity contribution in [2.24, 2.45) is 11.5 Å². The van der Waals surface area contributed by atoms with Gasteiger partial charge in [0.1, 0.15) is 0 Å². The first-order chi connectivity index (χ1) is 12.5. The highest BCUT2D eigenvalue weighted by molar-refractivity contribution is 7.44. The molecule has 26 heavy (non-hydrogen) atoms. The lowest BCUT2D eigenvalue weighted by Gasteiger charge is -2.26. The van der Waals surface area contributed by atoms with Crippen LogP contribution in [-0.2, 0) is 20.6 Å². The van der Waals surface area contributed by atoms with Crippen molar-refractivity contribution in [3.05, 3.63) is 35.9 Å². The third kappa shape index (κ3) is 5.57. The van der Waals surface area contributed by atoms with Gasteiger partial charge in [-0.15, -0.1) is 0 Å². The maximum absolute atomic E-state index is 12.7. The lowest BCUT2D eigenvalue weighted by atomic mass is 10.0. The summed E-state index contributed by atoms with van der Waals surface area (Å²) in [7, 11) is -2.20. The minimum absolute atomic E-state index is 0.151. The molecule has 1 fully saturated rings. The summed E-state index contributed by atoms with van der Waals surface area (Å²) in [5.41, 5.74) is 10.3. The second kappa shape index (κ2) is 9.73. The van der Waals surface area contributed by atoms with Crippen LogP contribution in [-0.4, -0.2) is 42.8 Å². The van der Waals surface area contributed by atoms with E-state index in [0.29, 0.717) is 32.5 Å². The molecule has 8 nitrogen and oxygen atoms in total. The van der Waals surface area contributed by atoms with Crippen molar-refractivity contribution in [1.82, 2.24) is 15.7 Å². The predicted molar refractivity (Wildman–Crippen MR) is 101 cm³/mol. The Labute approximate surface area is 154 Å². The van der Waals surface area contributed by atoms with Crippen LogP contribution in [0.4, 0.5) is 0 Å². The molecule has 0 radical (unpaired) electrons. The number of nitrogens with one attached hydrogen (secondary N) is 3. The molecule has 9 heteroatoms. The number of rotatable bonds is 9. The highest BCUT2D eigenvalue weighted by Gasteiger charge is 2.47. The van der Waals surface area contributed by atoms with Gasteiger partial charge >= 0.3 is 7.95 Å². The molecule has 0 aromatic heterocycles. The molecule has 0 aliphatic carbocycles. The zero-order chi connectivity index (χ0) is 19.0. The van der Waals surface area contributed by atoms with Gasteiger partial charge in [-0.1, -0.05) is 35.4 Å². The number of piperidine rings is 1. The lowest BCUT2D eigenvalue weighted by molar-refractivity contribution is -0.127. The Balaban J connectivity index is 2.14. The van der Waals surface area contributed by atoms with Gasteiger partial charge in [-0.2, -0.15) is 0 Å². The van der Waals surface area contributed by atoms with E-state index >= 15 is 0 Å². The number of carbonyl (C=O) groups excluding carboxylic acids is 2. The molecule has 1 aromatic rings. The van der Waals surface area contributed by atoms with Crippen molar-refractivity contribution in [1.29, 1.82) is 0 Å². The minimum Gasteiger partial charge on any atom is -0.353 e. The molecule has 1 aliphatic heterocycles. The van der Waals surface area contributed by atoms with E-state index in [1.807, 2.05) is 30.3 Å². The van der Waals surface area contributed by atoms with Gasteiger partial charge in [-0.3, -0.25) is 9.59 Å². The Morgan fingerprint density at radius 2 is 2.08 bits per heavy atom. The van der Waals surface area contributed by atoms with Crippen LogP contribution in [0.15, 0.2) is 30.3 Å². The van der Waals surface area contributed by atoms with E-state index in [4.69, 9.17) is 11.5 Å². The summed E-state index contributed by atoms with van der Waals surface area (Å²) in [6.45, 7) is 1.40. The Morgan fingerprint density at radius 1 is 1.35 bits per heavy atom. The summed E-state index contributed by atoms with van der Waals surface area (Å²) < 4.78 is 12.7. The van der Waals surface area contributed by atoms with Crippen LogP contribution >= 0.6 is 7.95 Å². The summed E-state index contributed by atoms with van der Waals surface area (Å²) >= 11 is 0. The second-order valence-electron chi connectivity index (χ2n) is 6.42. The Morgan fingerprint density at radius 3 is 2.73 bits per heavy atom. The monoisotopic (exact) mass is 380 g/mol. The van der Waals surface area contributed by atoms with Crippen LogP contribution in [0.25, 0.3) is 0 Å². The quantitative estimate of drug-likeness (QED) is 0.231. The fourth-order valence-electron chi connectivity index (χ4n) is 2.80. The Kier molecular flexibility index (Phi) is 7.66. The van der Waals surface area contributed by atoms with Crippen LogP contribution < -0.4 is 27.2 Å². The van der Waals surface area contributed by atoms with E-state index in [-0.39, 0.29) is 12.3 Å². The van der Waals surface area contributed by atoms with E-state index in [0.717, 1.165) is 12.0 Å². The molecule has 142 valence electrons. The van der Waals surface area contributed by atoms with E-state index in [9.17, 15) is 14.2 Å². The summed E-state index contributed by atoms with van der Waals surface area (Å²) in [4.78, 5) is 24.6. The number of carbonyl (C=O) groups is 2. The average molecular weight is 380 g/mol. The molecule has 1 aliphatic rings. The molecule has 2 unspecified atom stereocenters. The highest BCUT2D eigenvalue weighted by atomic mass is 31.1. The third-order valence-electron chi connectivity index (χ3n) is 4.25. The first kappa shape index (κ1) is 20.5. The number of nitrogens with two attached hydrogens (primary N) is 2. The fourth-order valence-corrected chi connectivity index (χ4v) is 4.26. The van der Waals surface area contributed by atoms with E-state index in [1.54, 1.807) is 0 Å². The SMILES string of the molecule is NCCCNC(=O)C(N)(Cc1ccccc1)N[P+](=O)[C@H]1CCCNC1=O. The van der Waals surface area contributed by atoms with Gasteiger partial charge in [-0.25, -0.2) is 0 Å². The highest BCUT2D eigenvalue weighted by Crippen LogP contribution is 2.32. The summed E-state index contributed by atoms with van der Waals surface area (Å²) in [5.74, 6) is -0.732. The van der Waals surface area contributed by atoms with Crippen molar-refractivity contribution in [2.45, 2.75) is 37.0 Å². The molecule has 0 bridgehead atoms. The summed E-state index contributed by atoms with van der Waals surface area (Å²) in [6.07, 6.45) is 2.02. The van der Waals surface area contributed by atoms with Crippen molar-refractivity contribution in [3.8, 4) is 0 Å². The van der Waals surface area contributed by atoms with Gasteiger partial charge in [0, 0.05) is 25.9 Å². The van der Waals surface area contributed by atoms with Gasteiger partial charge in [0.15, 0.2) is 5.66 Å². The molecule has 0 saturated carbocycles. The number of hydrogen-bond acceptors (Lipinski definition) is 5. The first-order valence-corrected chi connectivity index (χ1v) is 10.1. The van der Waals surface area contributed by atoms with Crippen molar-refractivity contribution in [3.63, 3.8) is 0 Å². The molecule has 2 rings (SSSR count). The molecule has 2 amide bonds. The van der Waals surface area contributed by atoms with Crippen molar-refractivity contribution in [2.75, 3.05) is 19.6 Å². The first-order valence-electron chi connectivity index (χ1n) is 8.79. The molecular formula is C17H27N5O3P+. The standard InChI is InChI=1S/C17H26N5O3P/c18-9-5-11-21-16(24)17(19,12-13-6-2-1-3-7-13)22-26(25)14-8-4-10-20-15(14)23/h1-3,6-7,14H,4-5,8-12,18-19H2,(H2-,20,21,22,23,24,25)/p+1/t14-,17?/m0/s1. The molecule has 3 atom stereocenters. The molecule has 1 heterocycles. The lowest BCUT2D eigenvalue weighted by Crippen LogP contribution is -2.63. The van der Waals surface area contributed by atoms with Gasteiger partial charge < -0.3 is 22.1 Å². The number of amides is 2. The van der Waals surface area contributed by atoms with Crippen LogP contribution in [0.1, 0.15) is 24.8 Å². The third-order valence-corrected chi connectivity index (χ3v) is 5.92. The molecular weight excluding hydrogens is 353 g/mol. The summed E-state index contributed by atoms with van der Waals surface area (Å²) in [5, 5.41) is 8.18. The van der Waals surface area contributed by atoms with Crippen LogP contribution in [0.3, 0.4) is 0 Å². The van der Waals surface area contributed by atoms with Crippen molar-refractivity contribution >= 4 is 19.8 Å². The molecule has 7 N–H and O–H groups in total. The maximum Gasteiger partial charge on any atom is 0.447 e. The van der Waals surface area contributed by atoms with E-state index in [1.165, 1.54) is 0 Å². The zero-order valence-electron chi connectivity index (χ0n) is 14.7. The van der Waals surface area contributed by atoms with Crippen LogP contribution in [0, 0.1) is 0 Å². The summed E-state index contributed by atoms with van der Waals surface area (Å²) in [6, 6.07) is 9.24. The van der Waals surface area contributed by atoms with Gasteiger partial charge in [0.25, 0.3) is 17.5 Å². The van der Waals surface area contributed by atoms with E-state index < -0.39 is 25.2 Å². The second-order valence-corrected chi connectivity index (χ2v) is 7.92. The molecule has 1 aromatic carbocycles. The van der Waals surface area contributed by atoms with Crippen LogP contribution in [0.2, 0.25) is 0 Å². The van der Waals surface area contributed by atoms with Crippen LogP contribution in [0.5, 0.6) is 0 Å². The smallest absolute Gasteiger partial charge is 0.353 e. The largest absolute Gasteiger partial charge is 0.447 e. The molecule has 1 saturated heterocycles. The Bertz CT molecular complexity index is 643. The fraction of sp³-hybridized carbons (Fsp3) is 0.529. The Hall–Kier alpha value is -1.86. The van der Waals surface area contributed by atoms with Gasteiger partial charge in [0.05, 0.1) is 0 Å². The van der Waals surface area contributed by atoms with Gasteiger partial charge in [-0.05, 0) is 29.5 Å². The minimum atomic E-state index is -2.20. The number of hydrogen-bond donors (Lipinski definition) is 5. The van der Waals surface area contributed by atoms with Crippen molar-refractivity contribution < 1.29 is 14.2 Å². The number of benzene rings is 1. The normalized spacial score (nSPS) is 20.0. The average Bonchev–Trinajstić information content (AvgIpc) is 2.62. The molecule has 0 spiro atoms. The maximum atomic E-state index is 12.7. The van der Waals surface area contributed by atoms with Gasteiger partial charge in [0.2, 0.25) is 0 Å². The predicted octanol–water partition coefficient (Wildman–Crippen LogP) is -0.0403.